The molecule has 0 fully saturated rings. The summed E-state index contributed by atoms with van der Waals surface area (Å²) >= 11 is 0. The van der Waals surface area contributed by atoms with Crippen molar-refractivity contribution in [2.24, 2.45) is 17.8 Å². The van der Waals surface area contributed by atoms with Gasteiger partial charge in [-0.15, -0.1) is 0 Å². The molecule has 516 valence electrons. The molecule has 0 rings (SSSR count). The Balaban J connectivity index is 5.23. The van der Waals surface area contributed by atoms with Crippen LogP contribution in [0.4, 0.5) is 0 Å². The molecule has 0 amide bonds. The molecule has 0 radical (unpaired) electrons. The van der Waals surface area contributed by atoms with Crippen LogP contribution in [0.2, 0.25) is 0 Å². The molecule has 0 aliphatic rings. The van der Waals surface area contributed by atoms with E-state index in [4.69, 9.17) is 37.0 Å². The molecular formula is C68H132O17P2. The first kappa shape index (κ1) is 85.1. The van der Waals surface area contributed by atoms with E-state index in [2.05, 4.69) is 48.5 Å². The summed E-state index contributed by atoms with van der Waals surface area (Å²) in [7, 11) is -9.89. The lowest BCUT2D eigenvalue weighted by atomic mass is 10.00. The molecule has 87 heavy (non-hydrogen) atoms. The van der Waals surface area contributed by atoms with Gasteiger partial charge in [0.25, 0.3) is 0 Å². The molecule has 6 atom stereocenters. The van der Waals surface area contributed by atoms with Crippen molar-refractivity contribution in [3.8, 4) is 0 Å². The van der Waals surface area contributed by atoms with Crippen molar-refractivity contribution in [2.75, 3.05) is 39.6 Å². The number of hydrogen-bond acceptors (Lipinski definition) is 15. The van der Waals surface area contributed by atoms with E-state index in [1.807, 2.05) is 0 Å². The van der Waals surface area contributed by atoms with Gasteiger partial charge in [-0.1, -0.05) is 286 Å². The molecule has 0 bridgehead atoms. The maximum atomic E-state index is 13.0. The van der Waals surface area contributed by atoms with Crippen LogP contribution in [0.3, 0.4) is 0 Å². The quantitative estimate of drug-likeness (QED) is 0.0222. The van der Waals surface area contributed by atoms with E-state index in [1.54, 1.807) is 0 Å². The molecule has 0 aliphatic carbocycles. The first-order valence-electron chi connectivity index (χ1n) is 35.4. The van der Waals surface area contributed by atoms with Crippen LogP contribution in [0.25, 0.3) is 0 Å². The summed E-state index contributed by atoms with van der Waals surface area (Å²) in [4.78, 5) is 72.4. The summed E-state index contributed by atoms with van der Waals surface area (Å²) in [5.74, 6) is 0.135. The first-order chi connectivity index (χ1) is 41.8. The average molecular weight is 1280 g/mol. The minimum atomic E-state index is -4.95. The Kier molecular flexibility index (Phi) is 57.8. The van der Waals surface area contributed by atoms with Crippen LogP contribution in [0, 0.1) is 17.8 Å². The molecular weight excluding hydrogens is 1150 g/mol. The Bertz CT molecular complexity index is 1720. The smallest absolute Gasteiger partial charge is 0.462 e. The van der Waals surface area contributed by atoms with Crippen LogP contribution in [0.15, 0.2) is 0 Å². The van der Waals surface area contributed by atoms with E-state index in [0.717, 1.165) is 114 Å². The Hall–Kier alpha value is -1.94. The molecule has 0 saturated heterocycles. The van der Waals surface area contributed by atoms with Gasteiger partial charge in [-0.3, -0.25) is 37.3 Å². The number of carbonyl (C=O) groups is 4. The molecule has 0 aliphatic heterocycles. The number of rotatable bonds is 66. The SMILES string of the molecule is CCCCCCCCCCC(=O)OC[C@H](COP(=O)(O)OC[C@H](O)COP(=O)(O)OC[C@@H](COC(=O)CCCCCCCCCCCCCC(C)C)OC(=O)CCCCCCCCCCCCCCC(C)C)OC(=O)CCCCCCCCC(C)CC. The maximum absolute atomic E-state index is 13.0. The normalized spacial score (nSPS) is 14.6. The molecule has 0 spiro atoms. The maximum Gasteiger partial charge on any atom is 0.472 e. The van der Waals surface area contributed by atoms with Crippen molar-refractivity contribution in [1.29, 1.82) is 0 Å². The highest BCUT2D eigenvalue weighted by Gasteiger charge is 2.30. The van der Waals surface area contributed by atoms with E-state index in [1.165, 1.54) is 141 Å². The number of hydrogen-bond donors (Lipinski definition) is 3. The topological polar surface area (TPSA) is 237 Å². The lowest BCUT2D eigenvalue weighted by Crippen LogP contribution is -2.30. The van der Waals surface area contributed by atoms with Gasteiger partial charge in [0.15, 0.2) is 12.2 Å². The van der Waals surface area contributed by atoms with Crippen LogP contribution in [-0.2, 0) is 65.4 Å². The Morgan fingerprint density at radius 1 is 0.333 bits per heavy atom. The van der Waals surface area contributed by atoms with Crippen molar-refractivity contribution in [3.63, 3.8) is 0 Å². The third kappa shape index (κ3) is 61.3. The summed E-state index contributed by atoms with van der Waals surface area (Å²) < 4.78 is 68.1. The number of unbranched alkanes of at least 4 members (excludes halogenated alkanes) is 33. The summed E-state index contributed by atoms with van der Waals surface area (Å²) in [6.45, 7) is 11.8. The predicted molar refractivity (Wildman–Crippen MR) is 349 cm³/mol. The molecule has 17 nitrogen and oxygen atoms in total. The molecule has 0 aromatic carbocycles. The molecule has 19 heteroatoms. The first-order valence-corrected chi connectivity index (χ1v) is 38.4. The second kappa shape index (κ2) is 59.1. The zero-order valence-corrected chi connectivity index (χ0v) is 58.3. The van der Waals surface area contributed by atoms with Crippen LogP contribution >= 0.6 is 15.6 Å². The number of aliphatic hydroxyl groups is 1. The lowest BCUT2D eigenvalue weighted by molar-refractivity contribution is -0.161. The van der Waals surface area contributed by atoms with Crippen LogP contribution in [-0.4, -0.2) is 96.7 Å². The minimum absolute atomic E-state index is 0.102. The van der Waals surface area contributed by atoms with Gasteiger partial charge in [0.1, 0.15) is 19.3 Å². The number of phosphoric ester groups is 2. The number of esters is 4. The largest absolute Gasteiger partial charge is 0.472 e. The molecule has 0 aromatic heterocycles. The monoisotopic (exact) mass is 1280 g/mol. The predicted octanol–water partition coefficient (Wildman–Crippen LogP) is 19.1. The number of carbonyl (C=O) groups excluding carboxylic acids is 4. The Labute approximate surface area is 530 Å². The van der Waals surface area contributed by atoms with Crippen molar-refractivity contribution in [1.82, 2.24) is 0 Å². The summed E-state index contributed by atoms with van der Waals surface area (Å²) in [5, 5.41) is 10.6. The summed E-state index contributed by atoms with van der Waals surface area (Å²) in [5.41, 5.74) is 0. The fraction of sp³-hybridized carbons (Fsp3) is 0.941. The Morgan fingerprint density at radius 2 is 0.586 bits per heavy atom. The van der Waals surface area contributed by atoms with Gasteiger partial charge in [-0.2, -0.15) is 0 Å². The molecule has 0 aromatic rings. The van der Waals surface area contributed by atoms with Gasteiger partial charge in [-0.05, 0) is 43.4 Å². The molecule has 3 unspecified atom stereocenters. The lowest BCUT2D eigenvalue weighted by Gasteiger charge is -2.21. The standard InChI is InChI=1S/C68H132O17P2/c1-8-10-11-12-13-27-35-42-49-65(70)78-56-64(85-68(73)52-45-38-31-30-34-41-48-61(7)9-2)58-83-87(76,77)81-54-62(69)53-80-86(74,75)82-57-63(55-79-66(71)50-43-36-28-23-20-16-18-22-26-33-40-47-60(5)6)84-67(72)51-44-37-29-24-19-15-14-17-21-25-32-39-46-59(3)4/h59-64,69H,8-58H2,1-7H3,(H,74,75)(H,76,77)/t61?,62-,63-,64-/m1/s1. The van der Waals surface area contributed by atoms with Crippen molar-refractivity contribution in [2.45, 2.75) is 356 Å². The number of phosphoric acid groups is 2. The van der Waals surface area contributed by atoms with Gasteiger partial charge >= 0.3 is 39.5 Å². The average Bonchev–Trinajstić information content (AvgIpc) is 3.61. The van der Waals surface area contributed by atoms with Gasteiger partial charge in [0, 0.05) is 25.7 Å². The van der Waals surface area contributed by atoms with Crippen LogP contribution < -0.4 is 0 Å². The van der Waals surface area contributed by atoms with Crippen LogP contribution in [0.1, 0.15) is 337 Å². The molecule has 3 N–H and O–H groups in total. The van der Waals surface area contributed by atoms with Crippen molar-refractivity contribution in [3.05, 3.63) is 0 Å². The third-order valence-electron chi connectivity index (χ3n) is 16.0. The van der Waals surface area contributed by atoms with Crippen molar-refractivity contribution >= 4 is 39.5 Å². The molecule has 0 saturated carbocycles. The minimum Gasteiger partial charge on any atom is -0.462 e. The zero-order chi connectivity index (χ0) is 64.5. The van der Waals surface area contributed by atoms with E-state index in [9.17, 15) is 43.2 Å². The highest BCUT2D eigenvalue weighted by molar-refractivity contribution is 7.47. The fourth-order valence-electron chi connectivity index (χ4n) is 10.2. The second-order valence-corrected chi connectivity index (χ2v) is 28.7. The summed E-state index contributed by atoms with van der Waals surface area (Å²) in [6.07, 6.45) is 41.7. The second-order valence-electron chi connectivity index (χ2n) is 25.8. The Morgan fingerprint density at radius 3 is 0.874 bits per heavy atom. The number of ether oxygens (including phenoxy) is 4. The number of aliphatic hydroxyl groups excluding tert-OH is 1. The van der Waals surface area contributed by atoms with Gasteiger partial charge in [0.05, 0.1) is 26.4 Å². The van der Waals surface area contributed by atoms with E-state index >= 15 is 0 Å². The zero-order valence-electron chi connectivity index (χ0n) is 56.5. The van der Waals surface area contributed by atoms with Gasteiger partial charge in [0.2, 0.25) is 0 Å². The molecule has 0 heterocycles. The van der Waals surface area contributed by atoms with E-state index in [-0.39, 0.29) is 25.7 Å². The van der Waals surface area contributed by atoms with Gasteiger partial charge in [-0.25, -0.2) is 9.13 Å². The fourth-order valence-corrected chi connectivity index (χ4v) is 11.7. The van der Waals surface area contributed by atoms with Crippen LogP contribution in [0.5, 0.6) is 0 Å². The third-order valence-corrected chi connectivity index (χ3v) is 17.9. The highest BCUT2D eigenvalue weighted by Crippen LogP contribution is 2.45. The summed E-state index contributed by atoms with van der Waals surface area (Å²) in [6, 6.07) is 0. The van der Waals surface area contributed by atoms with E-state index < -0.39 is 97.5 Å². The highest BCUT2D eigenvalue weighted by atomic mass is 31.2. The van der Waals surface area contributed by atoms with E-state index in [0.29, 0.717) is 25.7 Å². The van der Waals surface area contributed by atoms with Gasteiger partial charge < -0.3 is 33.8 Å². The van der Waals surface area contributed by atoms with Crippen molar-refractivity contribution < 1.29 is 80.2 Å².